The molecule has 0 bridgehead atoms. The third-order valence-corrected chi connectivity index (χ3v) is 5.52. The molecule has 1 aliphatic rings. The third kappa shape index (κ3) is 3.13. The minimum absolute atomic E-state index is 0.136. The highest BCUT2D eigenvalue weighted by Crippen LogP contribution is 2.39. The van der Waals surface area contributed by atoms with Crippen molar-refractivity contribution in [3.8, 4) is 0 Å². The highest BCUT2D eigenvalue weighted by Gasteiger charge is 2.30. The minimum Gasteiger partial charge on any atom is -0.382 e. The van der Waals surface area contributed by atoms with Crippen molar-refractivity contribution in [2.75, 3.05) is 5.32 Å². The molecule has 2 aromatic carbocycles. The van der Waals surface area contributed by atoms with Crippen LogP contribution < -0.4 is 5.32 Å². The van der Waals surface area contributed by atoms with Gasteiger partial charge in [0.05, 0.1) is 0 Å². The second-order valence-electron chi connectivity index (χ2n) is 5.99. The Kier molecular flexibility index (Phi) is 4.03. The van der Waals surface area contributed by atoms with Gasteiger partial charge in [0.2, 0.25) is 0 Å². The van der Waals surface area contributed by atoms with E-state index in [0.717, 1.165) is 18.4 Å². The Morgan fingerprint density at radius 3 is 2.38 bits per heavy atom. The first-order chi connectivity index (χ1) is 10.0. The zero-order chi connectivity index (χ0) is 15.0. The smallest absolute Gasteiger partial charge is 0.123 e. The molecule has 2 aromatic rings. The summed E-state index contributed by atoms with van der Waals surface area (Å²) in [5.41, 5.74) is 4.80. The molecular formula is C18H19BrFN. The van der Waals surface area contributed by atoms with Crippen molar-refractivity contribution in [3.63, 3.8) is 0 Å². The lowest BCUT2D eigenvalue weighted by atomic mass is 9.76. The van der Waals surface area contributed by atoms with Crippen LogP contribution >= 0.6 is 15.9 Å². The molecule has 0 aromatic heterocycles. The molecule has 1 fully saturated rings. The normalized spacial score (nSPS) is 21.0. The van der Waals surface area contributed by atoms with Crippen molar-refractivity contribution in [1.82, 2.24) is 0 Å². The summed E-state index contributed by atoms with van der Waals surface area (Å²) in [6, 6.07) is 11.8. The van der Waals surface area contributed by atoms with Crippen LogP contribution in [0.2, 0.25) is 0 Å². The molecule has 110 valence electrons. The van der Waals surface area contributed by atoms with Crippen molar-refractivity contribution in [2.24, 2.45) is 0 Å². The van der Waals surface area contributed by atoms with Gasteiger partial charge >= 0.3 is 0 Å². The van der Waals surface area contributed by atoms with Gasteiger partial charge in [0.15, 0.2) is 0 Å². The van der Waals surface area contributed by atoms with E-state index in [2.05, 4.69) is 47.2 Å². The molecule has 0 aliphatic heterocycles. The summed E-state index contributed by atoms with van der Waals surface area (Å²) in [6.07, 6.45) is 2.13. The molecule has 3 heteroatoms. The van der Waals surface area contributed by atoms with E-state index >= 15 is 0 Å². The Labute approximate surface area is 133 Å². The molecule has 0 radical (unpaired) electrons. The molecule has 1 N–H and O–H groups in total. The molecule has 1 saturated carbocycles. The van der Waals surface area contributed by atoms with Crippen molar-refractivity contribution < 1.29 is 4.39 Å². The van der Waals surface area contributed by atoms with Gasteiger partial charge in [-0.05, 0) is 73.6 Å². The van der Waals surface area contributed by atoms with Crippen LogP contribution in [0.15, 0.2) is 40.9 Å². The molecule has 1 nitrogen and oxygen atoms in total. The highest BCUT2D eigenvalue weighted by molar-refractivity contribution is 9.10. The van der Waals surface area contributed by atoms with Crippen molar-refractivity contribution in [2.45, 2.75) is 38.6 Å². The van der Waals surface area contributed by atoms with Crippen LogP contribution in [0.3, 0.4) is 0 Å². The van der Waals surface area contributed by atoms with Gasteiger partial charge in [0.1, 0.15) is 5.82 Å². The molecule has 21 heavy (non-hydrogen) atoms. The number of nitrogens with one attached hydrogen (secondary N) is 1. The quantitative estimate of drug-likeness (QED) is 0.765. The van der Waals surface area contributed by atoms with Gasteiger partial charge in [-0.1, -0.05) is 28.1 Å². The van der Waals surface area contributed by atoms with Crippen LogP contribution in [-0.4, -0.2) is 6.04 Å². The van der Waals surface area contributed by atoms with E-state index in [1.54, 1.807) is 12.1 Å². The topological polar surface area (TPSA) is 12.0 Å². The third-order valence-electron chi connectivity index (χ3n) is 4.27. The summed E-state index contributed by atoms with van der Waals surface area (Å²) in [7, 11) is 0. The number of rotatable bonds is 3. The highest BCUT2D eigenvalue weighted by atomic mass is 79.9. The summed E-state index contributed by atoms with van der Waals surface area (Å²) in [4.78, 5) is 0. The second kappa shape index (κ2) is 5.80. The summed E-state index contributed by atoms with van der Waals surface area (Å²) in [5, 5.41) is 3.59. The lowest BCUT2D eigenvalue weighted by Crippen LogP contribution is -2.34. The lowest BCUT2D eigenvalue weighted by Gasteiger charge is -2.37. The standard InChI is InChI=1S/C18H19BrFN/c1-11-6-16(7-12(2)18(11)19)21-17-9-14(10-17)13-4-3-5-15(20)8-13/h3-8,14,17,21H,9-10H2,1-2H3. The van der Waals surface area contributed by atoms with E-state index in [4.69, 9.17) is 0 Å². The first-order valence-electron chi connectivity index (χ1n) is 7.31. The fourth-order valence-corrected chi connectivity index (χ4v) is 3.26. The van der Waals surface area contributed by atoms with Gasteiger partial charge < -0.3 is 5.32 Å². The van der Waals surface area contributed by atoms with Crippen LogP contribution in [0.4, 0.5) is 10.1 Å². The van der Waals surface area contributed by atoms with Gasteiger partial charge in [-0.15, -0.1) is 0 Å². The fraction of sp³-hybridized carbons (Fsp3) is 0.333. The average molecular weight is 348 g/mol. The molecule has 0 spiro atoms. The molecule has 0 amide bonds. The molecule has 0 heterocycles. The van der Waals surface area contributed by atoms with E-state index in [1.165, 1.54) is 27.4 Å². The average Bonchev–Trinajstić information content (AvgIpc) is 2.39. The molecule has 1 aliphatic carbocycles. The van der Waals surface area contributed by atoms with Gasteiger partial charge in [-0.25, -0.2) is 4.39 Å². The maximum Gasteiger partial charge on any atom is 0.123 e. The van der Waals surface area contributed by atoms with Gasteiger partial charge in [0.25, 0.3) is 0 Å². The van der Waals surface area contributed by atoms with E-state index in [-0.39, 0.29) is 5.82 Å². The number of hydrogen-bond donors (Lipinski definition) is 1. The maximum absolute atomic E-state index is 13.2. The van der Waals surface area contributed by atoms with E-state index in [9.17, 15) is 4.39 Å². The zero-order valence-corrected chi connectivity index (χ0v) is 13.9. The molecule has 0 unspecified atom stereocenters. The van der Waals surface area contributed by atoms with E-state index in [1.807, 2.05) is 6.07 Å². The fourth-order valence-electron chi connectivity index (χ4n) is 3.03. The number of anilines is 1. The summed E-state index contributed by atoms with van der Waals surface area (Å²) < 4.78 is 14.4. The predicted molar refractivity (Wildman–Crippen MR) is 89.4 cm³/mol. The number of hydrogen-bond acceptors (Lipinski definition) is 1. The largest absolute Gasteiger partial charge is 0.382 e. The Morgan fingerprint density at radius 1 is 1.10 bits per heavy atom. The molecular weight excluding hydrogens is 329 g/mol. The lowest BCUT2D eigenvalue weighted by molar-refractivity contribution is 0.373. The van der Waals surface area contributed by atoms with Crippen LogP contribution in [0.25, 0.3) is 0 Å². The molecule has 3 rings (SSSR count). The first kappa shape index (κ1) is 14.6. The Balaban J connectivity index is 1.62. The summed E-state index contributed by atoms with van der Waals surface area (Å²) >= 11 is 3.59. The van der Waals surface area contributed by atoms with Crippen LogP contribution in [0.5, 0.6) is 0 Å². The zero-order valence-electron chi connectivity index (χ0n) is 12.3. The monoisotopic (exact) mass is 347 g/mol. The second-order valence-corrected chi connectivity index (χ2v) is 6.78. The van der Waals surface area contributed by atoms with Crippen LogP contribution in [0, 0.1) is 19.7 Å². The Bertz CT molecular complexity index is 639. The maximum atomic E-state index is 13.2. The van der Waals surface area contributed by atoms with E-state index < -0.39 is 0 Å². The number of halogens is 2. The van der Waals surface area contributed by atoms with Crippen LogP contribution in [-0.2, 0) is 0 Å². The van der Waals surface area contributed by atoms with E-state index in [0.29, 0.717) is 12.0 Å². The molecule has 0 saturated heterocycles. The predicted octanol–water partition coefficient (Wildman–Crippen LogP) is 5.56. The summed E-state index contributed by atoms with van der Waals surface area (Å²) in [6.45, 7) is 4.22. The van der Waals surface area contributed by atoms with Gasteiger partial charge in [-0.2, -0.15) is 0 Å². The first-order valence-corrected chi connectivity index (χ1v) is 8.11. The Morgan fingerprint density at radius 2 is 1.76 bits per heavy atom. The van der Waals surface area contributed by atoms with Gasteiger partial charge in [-0.3, -0.25) is 0 Å². The van der Waals surface area contributed by atoms with Crippen molar-refractivity contribution in [1.29, 1.82) is 0 Å². The Hall–Kier alpha value is -1.35. The summed E-state index contributed by atoms with van der Waals surface area (Å²) in [5.74, 6) is 0.346. The minimum atomic E-state index is -0.136. The molecule has 0 atom stereocenters. The number of benzene rings is 2. The number of aryl methyl sites for hydroxylation is 2. The van der Waals surface area contributed by atoms with Gasteiger partial charge in [0, 0.05) is 16.2 Å². The SMILES string of the molecule is Cc1cc(NC2CC(c3cccc(F)c3)C2)cc(C)c1Br. The van der Waals surface area contributed by atoms with Crippen LogP contribution in [0.1, 0.15) is 35.4 Å². The van der Waals surface area contributed by atoms with Crippen molar-refractivity contribution >= 4 is 21.6 Å². The van der Waals surface area contributed by atoms with Crippen molar-refractivity contribution in [3.05, 3.63) is 63.4 Å².